The van der Waals surface area contributed by atoms with Crippen molar-refractivity contribution in [2.75, 3.05) is 31.3 Å². The van der Waals surface area contributed by atoms with Crippen molar-refractivity contribution in [2.45, 2.75) is 26.3 Å². The number of anilines is 3. The Morgan fingerprint density at radius 3 is 2.79 bits per heavy atom. The third-order valence-electron chi connectivity index (χ3n) is 4.62. The fraction of sp³-hybridized carbons (Fsp3) is 0.389. The molecule has 2 aromatic heterocycles. The number of aryl methyl sites for hydroxylation is 1. The lowest BCUT2D eigenvalue weighted by Crippen LogP contribution is -2.40. The van der Waals surface area contributed by atoms with Gasteiger partial charge in [-0.15, -0.1) is 0 Å². The highest BCUT2D eigenvalue weighted by atomic mass is 16.2. The Labute approximate surface area is 162 Å². The molecule has 1 aliphatic rings. The number of nitriles is 1. The summed E-state index contributed by atoms with van der Waals surface area (Å²) in [6, 6.07) is 3.52. The van der Waals surface area contributed by atoms with Crippen LogP contribution in [0.3, 0.4) is 0 Å². The highest BCUT2D eigenvalue weighted by molar-refractivity contribution is 5.94. The van der Waals surface area contributed by atoms with Gasteiger partial charge in [0, 0.05) is 6.54 Å². The zero-order chi connectivity index (χ0) is 20.3. The van der Waals surface area contributed by atoms with Crippen LogP contribution in [-0.2, 0) is 6.54 Å². The quantitative estimate of drug-likeness (QED) is 0.684. The Morgan fingerprint density at radius 1 is 1.29 bits per heavy atom. The molecule has 0 unspecified atom stereocenters. The minimum atomic E-state index is -0.356. The van der Waals surface area contributed by atoms with Gasteiger partial charge in [-0.25, -0.2) is 9.97 Å². The molecule has 1 aliphatic heterocycles. The Bertz CT molecular complexity index is 1010. The number of hydrogen-bond acceptors (Lipinski definition) is 8. The van der Waals surface area contributed by atoms with Crippen molar-refractivity contribution in [3.05, 3.63) is 39.6 Å². The molecule has 0 atom stereocenters. The number of carbonyl (C=O) groups is 1. The van der Waals surface area contributed by atoms with Crippen LogP contribution in [0.25, 0.3) is 0 Å². The predicted molar refractivity (Wildman–Crippen MR) is 104 cm³/mol. The highest BCUT2D eigenvalue weighted by Gasteiger charge is 2.21. The Hall–Kier alpha value is -3.45. The smallest absolute Gasteiger partial charge is 0.274 e. The topological polar surface area (TPSA) is 142 Å². The molecule has 0 saturated carbocycles. The second kappa shape index (κ2) is 8.06. The molecule has 146 valence electrons. The molecule has 0 bridgehead atoms. The van der Waals surface area contributed by atoms with Gasteiger partial charge in [0.15, 0.2) is 5.82 Å². The van der Waals surface area contributed by atoms with Crippen molar-refractivity contribution in [3.8, 4) is 6.07 Å². The molecule has 10 nitrogen and oxygen atoms in total. The summed E-state index contributed by atoms with van der Waals surface area (Å²) in [6.45, 7) is 3.43. The predicted octanol–water partition coefficient (Wildman–Crippen LogP) is 0.557. The summed E-state index contributed by atoms with van der Waals surface area (Å²) in [6.07, 6.45) is 2.88. The third-order valence-corrected chi connectivity index (χ3v) is 4.62. The van der Waals surface area contributed by atoms with Gasteiger partial charge in [-0.1, -0.05) is 0 Å². The van der Waals surface area contributed by atoms with E-state index in [0.717, 1.165) is 19.4 Å². The zero-order valence-electron chi connectivity index (χ0n) is 15.8. The molecule has 4 N–H and O–H groups in total. The molecule has 2 aromatic rings. The highest BCUT2D eigenvalue weighted by Crippen LogP contribution is 2.21. The van der Waals surface area contributed by atoms with E-state index in [1.807, 2.05) is 18.0 Å². The van der Waals surface area contributed by atoms with Crippen LogP contribution in [0.1, 0.15) is 34.5 Å². The Balaban J connectivity index is 2.06. The van der Waals surface area contributed by atoms with Gasteiger partial charge in [-0.05, 0) is 45.0 Å². The number of rotatable bonds is 2. The van der Waals surface area contributed by atoms with Crippen LogP contribution in [0, 0.1) is 18.3 Å². The summed E-state index contributed by atoms with van der Waals surface area (Å²) in [4.78, 5) is 35.6. The number of nitrogens with zero attached hydrogens (tertiary/aromatic N) is 5. The number of nitrogens with two attached hydrogens (primary N) is 1. The summed E-state index contributed by atoms with van der Waals surface area (Å²) in [5.41, 5.74) is 6.62. The van der Waals surface area contributed by atoms with E-state index < -0.39 is 0 Å². The van der Waals surface area contributed by atoms with E-state index in [-0.39, 0.29) is 34.4 Å². The Kier molecular flexibility index (Phi) is 5.56. The lowest BCUT2D eigenvalue weighted by molar-refractivity contribution is 0.0914. The van der Waals surface area contributed by atoms with Crippen molar-refractivity contribution in [1.82, 2.24) is 24.8 Å². The normalized spacial score (nSPS) is 15.2. The van der Waals surface area contributed by atoms with Crippen LogP contribution < -0.4 is 21.9 Å². The molecule has 28 heavy (non-hydrogen) atoms. The summed E-state index contributed by atoms with van der Waals surface area (Å²) in [7, 11) is 1.94. The summed E-state index contributed by atoms with van der Waals surface area (Å²) in [5, 5.41) is 15.0. The Morgan fingerprint density at radius 2 is 2.04 bits per heavy atom. The van der Waals surface area contributed by atoms with E-state index >= 15 is 0 Å². The van der Waals surface area contributed by atoms with E-state index in [1.165, 1.54) is 10.9 Å². The first kappa shape index (κ1) is 19.3. The minimum Gasteiger partial charge on any atom is -0.382 e. The fourth-order valence-electron chi connectivity index (χ4n) is 3.16. The number of fused-ring (bicyclic) bond motifs is 1. The van der Waals surface area contributed by atoms with Gasteiger partial charge in [0.25, 0.3) is 11.5 Å². The molecule has 0 radical (unpaired) electrons. The van der Waals surface area contributed by atoms with Gasteiger partial charge in [0.2, 0.25) is 0 Å². The second-order valence-corrected chi connectivity index (χ2v) is 6.72. The molecule has 0 spiro atoms. The summed E-state index contributed by atoms with van der Waals surface area (Å²) < 4.78 is 1.48. The van der Waals surface area contributed by atoms with Gasteiger partial charge in [0.05, 0.1) is 6.67 Å². The number of aromatic nitrogens is 3. The zero-order valence-corrected chi connectivity index (χ0v) is 15.8. The molecule has 10 heteroatoms. The number of amides is 1. The third kappa shape index (κ3) is 3.79. The molecule has 0 aliphatic carbocycles. The first-order chi connectivity index (χ1) is 13.4. The van der Waals surface area contributed by atoms with Gasteiger partial charge < -0.3 is 20.9 Å². The van der Waals surface area contributed by atoms with Gasteiger partial charge >= 0.3 is 0 Å². The maximum absolute atomic E-state index is 13.1. The van der Waals surface area contributed by atoms with Gasteiger partial charge in [0.1, 0.15) is 35.2 Å². The number of hydrogen-bond donors (Lipinski definition) is 3. The molecule has 0 saturated heterocycles. The van der Waals surface area contributed by atoms with Crippen LogP contribution in [-0.4, -0.2) is 45.6 Å². The second-order valence-electron chi connectivity index (χ2n) is 6.72. The molecule has 0 aromatic carbocycles. The van der Waals surface area contributed by atoms with Crippen LogP contribution >= 0.6 is 0 Å². The van der Waals surface area contributed by atoms with Crippen LogP contribution in [0.4, 0.5) is 17.3 Å². The SMILES string of the molecule is Cc1cc(Nc2ncnc(N)c2C#N)c(=O)n2c1C(=O)NCN(C)CCCC2. The number of nitrogen functional groups attached to an aromatic ring is 1. The average Bonchev–Trinajstić information content (AvgIpc) is 2.66. The first-order valence-electron chi connectivity index (χ1n) is 8.91. The molecule has 1 amide bonds. The first-order valence-corrected chi connectivity index (χ1v) is 8.91. The van der Waals surface area contributed by atoms with E-state index in [9.17, 15) is 14.9 Å². The fourth-order valence-corrected chi connectivity index (χ4v) is 3.16. The minimum absolute atomic E-state index is 0.0271. The maximum Gasteiger partial charge on any atom is 0.274 e. The van der Waals surface area contributed by atoms with Crippen LogP contribution in [0.15, 0.2) is 17.2 Å². The average molecular weight is 382 g/mol. The number of pyridine rings is 1. The van der Waals surface area contributed by atoms with Crippen LogP contribution in [0.2, 0.25) is 0 Å². The van der Waals surface area contributed by atoms with E-state index in [4.69, 9.17) is 5.73 Å². The summed E-state index contributed by atoms with van der Waals surface area (Å²) in [5.74, 6) is -0.115. The molecular formula is C18H22N8O2. The van der Waals surface area contributed by atoms with Gasteiger partial charge in [-0.2, -0.15) is 5.26 Å². The van der Waals surface area contributed by atoms with Crippen molar-refractivity contribution >= 4 is 23.2 Å². The van der Waals surface area contributed by atoms with Crippen molar-refractivity contribution in [1.29, 1.82) is 5.26 Å². The van der Waals surface area contributed by atoms with E-state index in [2.05, 4.69) is 20.6 Å². The van der Waals surface area contributed by atoms with E-state index in [1.54, 1.807) is 13.0 Å². The van der Waals surface area contributed by atoms with Crippen molar-refractivity contribution < 1.29 is 4.79 Å². The standard InChI is InChI=1S/C18H22N8O2/c1-11-7-13(24-16-12(8-19)15(20)21-9-22-16)18(28)26-6-4-3-5-25(2)10-23-17(27)14(11)26/h7,9H,3-6,10H2,1-2H3,(H,23,27)(H3,20,21,22,24). The lowest BCUT2D eigenvalue weighted by Gasteiger charge is -2.23. The van der Waals surface area contributed by atoms with Crippen LogP contribution in [0.5, 0.6) is 0 Å². The van der Waals surface area contributed by atoms with E-state index in [0.29, 0.717) is 24.5 Å². The number of nitrogens with one attached hydrogen (secondary N) is 2. The van der Waals surface area contributed by atoms with Crippen molar-refractivity contribution in [2.24, 2.45) is 0 Å². The molecular weight excluding hydrogens is 360 g/mol. The molecule has 0 fully saturated rings. The summed E-state index contributed by atoms with van der Waals surface area (Å²) >= 11 is 0. The molecule has 3 rings (SSSR count). The molecule has 3 heterocycles. The monoisotopic (exact) mass is 382 g/mol. The van der Waals surface area contributed by atoms with Gasteiger partial charge in [-0.3, -0.25) is 14.5 Å². The number of carbonyl (C=O) groups excluding carboxylic acids is 1. The maximum atomic E-state index is 13.1. The largest absolute Gasteiger partial charge is 0.382 e. The lowest BCUT2D eigenvalue weighted by atomic mass is 10.1. The van der Waals surface area contributed by atoms with Crippen molar-refractivity contribution in [3.63, 3.8) is 0 Å².